The molecule has 27 heavy (non-hydrogen) atoms. The molecule has 3 aromatic rings. The molecule has 0 fully saturated rings. The highest BCUT2D eigenvalue weighted by Gasteiger charge is 2.25. The molecule has 0 N–H and O–H groups in total. The lowest BCUT2D eigenvalue weighted by molar-refractivity contribution is 0.0973. The number of likely N-dealkylation sites (N-methyl/N-ethyl adjacent to an activating group) is 1. The molecule has 7 heteroatoms. The molecule has 3 rings (SSSR count). The minimum atomic E-state index is -0.0554. The second kappa shape index (κ2) is 8.19. The van der Waals surface area contributed by atoms with Crippen molar-refractivity contribution in [2.45, 2.75) is 33.2 Å². The Morgan fingerprint density at radius 2 is 2.00 bits per heavy atom. The van der Waals surface area contributed by atoms with Gasteiger partial charge in [0.2, 0.25) is 0 Å². The first-order chi connectivity index (χ1) is 12.9. The van der Waals surface area contributed by atoms with E-state index < -0.39 is 0 Å². The average Bonchev–Trinajstić information content (AvgIpc) is 3.28. The van der Waals surface area contributed by atoms with Gasteiger partial charge in [-0.05, 0) is 52.1 Å². The first kappa shape index (κ1) is 19.5. The predicted octanol–water partition coefficient (Wildman–Crippen LogP) is 3.84. The lowest BCUT2D eigenvalue weighted by Crippen LogP contribution is -2.38. The molecule has 0 saturated heterocycles. The van der Waals surface area contributed by atoms with Crippen LogP contribution in [0.4, 0.5) is 5.13 Å². The highest BCUT2D eigenvalue weighted by atomic mass is 32.1. The van der Waals surface area contributed by atoms with E-state index >= 15 is 0 Å². The van der Waals surface area contributed by atoms with Gasteiger partial charge >= 0.3 is 0 Å². The van der Waals surface area contributed by atoms with Crippen molar-refractivity contribution in [1.29, 1.82) is 0 Å². The van der Waals surface area contributed by atoms with Gasteiger partial charge in [-0.3, -0.25) is 14.4 Å². The molecule has 0 spiro atoms. The maximum Gasteiger partial charge on any atom is 0.278 e. The SMILES string of the molecule is CCc1cccc2sc(N(CCN(C)C)C(=O)c3ccnn3C(C)C)nc12. The van der Waals surface area contributed by atoms with Gasteiger partial charge in [0.1, 0.15) is 5.69 Å². The first-order valence-corrected chi connectivity index (χ1v) is 10.1. The Bertz CT molecular complexity index is 927. The van der Waals surface area contributed by atoms with Crippen LogP contribution in [0.5, 0.6) is 0 Å². The van der Waals surface area contributed by atoms with Crippen LogP contribution in [0.2, 0.25) is 0 Å². The number of carbonyl (C=O) groups excluding carboxylic acids is 1. The van der Waals surface area contributed by atoms with Crippen LogP contribution in [0.1, 0.15) is 42.9 Å². The van der Waals surface area contributed by atoms with Gasteiger partial charge < -0.3 is 4.90 Å². The highest BCUT2D eigenvalue weighted by Crippen LogP contribution is 2.32. The summed E-state index contributed by atoms with van der Waals surface area (Å²) in [5.41, 5.74) is 2.81. The standard InChI is InChI=1S/C20H27N5OS/c1-6-15-8-7-9-17-18(15)22-20(27-17)24(13-12-23(4)5)19(26)16-10-11-21-25(16)14(2)3/h7-11,14H,6,12-13H2,1-5H3. The molecule has 144 valence electrons. The molecule has 0 bridgehead atoms. The number of para-hydroxylation sites is 1. The fourth-order valence-electron chi connectivity index (χ4n) is 3.01. The molecule has 0 aliphatic heterocycles. The van der Waals surface area contributed by atoms with Crippen LogP contribution in [0.25, 0.3) is 10.2 Å². The van der Waals surface area contributed by atoms with Gasteiger partial charge in [0.05, 0.1) is 10.2 Å². The second-order valence-electron chi connectivity index (χ2n) is 7.13. The summed E-state index contributed by atoms with van der Waals surface area (Å²) in [6.07, 6.45) is 2.61. The topological polar surface area (TPSA) is 54.3 Å². The fourth-order valence-corrected chi connectivity index (χ4v) is 4.05. The minimum Gasteiger partial charge on any atom is -0.308 e. The Labute approximate surface area is 164 Å². The summed E-state index contributed by atoms with van der Waals surface area (Å²) in [6, 6.07) is 8.14. The van der Waals surface area contributed by atoms with Crippen molar-refractivity contribution in [2.75, 3.05) is 32.1 Å². The summed E-state index contributed by atoms with van der Waals surface area (Å²) in [4.78, 5) is 22.1. The van der Waals surface area contributed by atoms with E-state index in [0.29, 0.717) is 12.2 Å². The van der Waals surface area contributed by atoms with E-state index in [-0.39, 0.29) is 11.9 Å². The molecule has 6 nitrogen and oxygen atoms in total. The zero-order valence-electron chi connectivity index (χ0n) is 16.6. The van der Waals surface area contributed by atoms with Crippen LogP contribution < -0.4 is 4.90 Å². The van der Waals surface area contributed by atoms with Gasteiger partial charge in [-0.25, -0.2) is 4.98 Å². The van der Waals surface area contributed by atoms with Crippen LogP contribution in [0.3, 0.4) is 0 Å². The zero-order valence-corrected chi connectivity index (χ0v) is 17.5. The van der Waals surface area contributed by atoms with Crippen molar-refractivity contribution in [1.82, 2.24) is 19.7 Å². The lowest BCUT2D eigenvalue weighted by Gasteiger charge is -2.22. The van der Waals surface area contributed by atoms with Gasteiger partial charge in [-0.2, -0.15) is 5.10 Å². The molecule has 0 unspecified atom stereocenters. The Hall–Kier alpha value is -2.25. The van der Waals surface area contributed by atoms with Crippen molar-refractivity contribution in [2.24, 2.45) is 0 Å². The summed E-state index contributed by atoms with van der Waals surface area (Å²) in [6.45, 7) is 7.52. The number of nitrogens with zero attached hydrogens (tertiary/aromatic N) is 5. The van der Waals surface area contributed by atoms with E-state index in [1.165, 1.54) is 5.56 Å². The minimum absolute atomic E-state index is 0.0554. The number of anilines is 1. The molecular weight excluding hydrogens is 358 g/mol. The van der Waals surface area contributed by atoms with E-state index in [4.69, 9.17) is 4.98 Å². The molecule has 0 saturated carbocycles. The number of carbonyl (C=O) groups is 1. The maximum atomic E-state index is 13.4. The lowest BCUT2D eigenvalue weighted by atomic mass is 10.1. The van der Waals surface area contributed by atoms with E-state index in [1.807, 2.05) is 27.9 Å². The number of benzene rings is 1. The summed E-state index contributed by atoms with van der Waals surface area (Å²) in [7, 11) is 4.02. The Morgan fingerprint density at radius 1 is 1.22 bits per heavy atom. The molecule has 0 atom stereocenters. The molecular formula is C20H27N5OS. The molecule has 1 aromatic carbocycles. The van der Waals surface area contributed by atoms with E-state index in [2.05, 4.69) is 35.1 Å². The van der Waals surface area contributed by atoms with Crippen LogP contribution in [0, 0.1) is 0 Å². The quantitative estimate of drug-likeness (QED) is 0.620. The van der Waals surface area contributed by atoms with Crippen molar-refractivity contribution in [3.63, 3.8) is 0 Å². The molecule has 2 aromatic heterocycles. The number of aromatic nitrogens is 3. The fraction of sp³-hybridized carbons (Fsp3) is 0.450. The van der Waals surface area contributed by atoms with Gasteiger partial charge in [-0.1, -0.05) is 30.4 Å². The van der Waals surface area contributed by atoms with Gasteiger partial charge in [-0.15, -0.1) is 0 Å². The molecule has 0 aliphatic rings. The third-order valence-corrected chi connectivity index (χ3v) is 5.54. The first-order valence-electron chi connectivity index (χ1n) is 9.31. The summed E-state index contributed by atoms with van der Waals surface area (Å²) >= 11 is 1.57. The number of thiazole rings is 1. The second-order valence-corrected chi connectivity index (χ2v) is 8.14. The van der Waals surface area contributed by atoms with E-state index in [0.717, 1.165) is 28.3 Å². The number of rotatable bonds is 7. The van der Waals surface area contributed by atoms with Crippen LogP contribution in [0.15, 0.2) is 30.5 Å². The molecule has 0 aliphatic carbocycles. The third-order valence-electron chi connectivity index (χ3n) is 4.50. The number of fused-ring (bicyclic) bond motifs is 1. The largest absolute Gasteiger partial charge is 0.308 e. The van der Waals surface area contributed by atoms with Gasteiger partial charge in [0.15, 0.2) is 5.13 Å². The Kier molecular flexibility index (Phi) is 5.92. The van der Waals surface area contributed by atoms with Crippen molar-refractivity contribution in [3.05, 3.63) is 41.7 Å². The number of amides is 1. The van der Waals surface area contributed by atoms with E-state index in [1.54, 1.807) is 33.2 Å². The summed E-state index contributed by atoms with van der Waals surface area (Å²) < 4.78 is 2.89. The normalized spacial score (nSPS) is 11.7. The number of hydrogen-bond donors (Lipinski definition) is 0. The highest BCUT2D eigenvalue weighted by molar-refractivity contribution is 7.22. The average molecular weight is 386 g/mol. The summed E-state index contributed by atoms with van der Waals surface area (Å²) in [5, 5.41) is 5.06. The van der Waals surface area contributed by atoms with Crippen LogP contribution >= 0.6 is 11.3 Å². The predicted molar refractivity (Wildman–Crippen MR) is 112 cm³/mol. The Balaban J connectivity index is 2.03. The molecule has 0 radical (unpaired) electrons. The Morgan fingerprint density at radius 3 is 2.67 bits per heavy atom. The van der Waals surface area contributed by atoms with Crippen LogP contribution in [-0.2, 0) is 6.42 Å². The van der Waals surface area contributed by atoms with Crippen molar-refractivity contribution in [3.8, 4) is 0 Å². The number of aryl methyl sites for hydroxylation is 1. The zero-order chi connectivity index (χ0) is 19.6. The van der Waals surface area contributed by atoms with Gasteiger partial charge in [0, 0.05) is 25.3 Å². The molecule has 2 heterocycles. The number of hydrogen-bond acceptors (Lipinski definition) is 5. The molecule has 1 amide bonds. The summed E-state index contributed by atoms with van der Waals surface area (Å²) in [5.74, 6) is -0.0554. The van der Waals surface area contributed by atoms with Crippen molar-refractivity contribution >= 4 is 32.6 Å². The maximum absolute atomic E-state index is 13.4. The smallest absolute Gasteiger partial charge is 0.278 e. The monoisotopic (exact) mass is 385 g/mol. The van der Waals surface area contributed by atoms with Crippen LogP contribution in [-0.4, -0.2) is 52.8 Å². The van der Waals surface area contributed by atoms with Crippen molar-refractivity contribution < 1.29 is 4.79 Å². The van der Waals surface area contributed by atoms with Gasteiger partial charge in [0.25, 0.3) is 5.91 Å². The third kappa shape index (κ3) is 4.04. The van der Waals surface area contributed by atoms with E-state index in [9.17, 15) is 4.79 Å².